The summed E-state index contributed by atoms with van der Waals surface area (Å²) in [5.41, 5.74) is 6.72. The van der Waals surface area contributed by atoms with Crippen molar-refractivity contribution in [1.82, 2.24) is 9.55 Å². The number of benzene rings is 2. The quantitative estimate of drug-likeness (QED) is 0.478. The summed E-state index contributed by atoms with van der Waals surface area (Å²) in [5, 5.41) is 9.49. The van der Waals surface area contributed by atoms with Crippen molar-refractivity contribution in [1.29, 1.82) is 0 Å². The van der Waals surface area contributed by atoms with Gasteiger partial charge in [-0.2, -0.15) is 0 Å². The van der Waals surface area contributed by atoms with Crippen LogP contribution in [0, 0.1) is 17.2 Å². The average Bonchev–Trinajstić information content (AvgIpc) is 3.23. The number of nitrogens with zero attached hydrogens (tertiary/aromatic N) is 2. The molecule has 0 aliphatic heterocycles. The summed E-state index contributed by atoms with van der Waals surface area (Å²) in [4.78, 5) is 16.5. The van der Waals surface area contributed by atoms with Crippen LogP contribution in [0.25, 0.3) is 16.6 Å². The number of allylic oxidation sites excluding steroid dienone is 2. The number of hydrogen-bond donors (Lipinski definition) is 1. The van der Waals surface area contributed by atoms with Crippen LogP contribution >= 0.6 is 0 Å². The second-order valence-corrected chi connectivity index (χ2v) is 10.9. The topological polar surface area (TPSA) is 55.1 Å². The zero-order chi connectivity index (χ0) is 23.5. The maximum Gasteiger partial charge on any atom is 0.335 e. The molecule has 1 N–H and O–H groups in total. The molecule has 0 amide bonds. The highest BCUT2D eigenvalue weighted by atomic mass is 19.1. The second kappa shape index (κ2) is 7.82. The molecular weight excluding hydrogens is 415 g/mol. The highest BCUT2D eigenvalue weighted by Crippen LogP contribution is 2.46. The lowest BCUT2D eigenvalue weighted by molar-refractivity contribution is 0.0697. The number of halogens is 1. The van der Waals surface area contributed by atoms with E-state index in [2.05, 4.69) is 32.3 Å². The summed E-state index contributed by atoms with van der Waals surface area (Å²) in [6.07, 6.45) is 4.78. The molecule has 1 fully saturated rings. The molecule has 2 aromatic carbocycles. The van der Waals surface area contributed by atoms with Gasteiger partial charge in [-0.3, -0.25) is 0 Å². The van der Waals surface area contributed by atoms with Crippen molar-refractivity contribution in [3.05, 3.63) is 70.3 Å². The number of carbonyl (C=O) groups is 1. The Balaban J connectivity index is 1.64. The van der Waals surface area contributed by atoms with Crippen LogP contribution < -0.4 is 0 Å². The number of aromatic nitrogens is 2. The van der Waals surface area contributed by atoms with Gasteiger partial charge < -0.3 is 9.67 Å². The van der Waals surface area contributed by atoms with E-state index in [9.17, 15) is 14.3 Å². The Bertz CT molecular complexity index is 1300. The smallest absolute Gasteiger partial charge is 0.335 e. The Morgan fingerprint density at radius 2 is 2.00 bits per heavy atom. The SMILES string of the molecule is CC1=C(Cc2nc3cc(C(=O)O)ccc3n2[C@@H]2C[C@H](C)CC(C)(C)C2)c2cc(F)ccc2C1. The Labute approximate surface area is 194 Å². The van der Waals surface area contributed by atoms with Gasteiger partial charge in [-0.05, 0) is 91.0 Å². The lowest BCUT2D eigenvalue weighted by Crippen LogP contribution is -2.30. The van der Waals surface area contributed by atoms with Gasteiger partial charge >= 0.3 is 5.97 Å². The molecule has 2 aliphatic rings. The average molecular weight is 447 g/mol. The minimum atomic E-state index is -0.945. The number of imidazole rings is 1. The van der Waals surface area contributed by atoms with Gasteiger partial charge in [-0.15, -0.1) is 0 Å². The van der Waals surface area contributed by atoms with Crippen LogP contribution in [0.1, 0.15) is 80.3 Å². The molecule has 0 spiro atoms. The molecule has 5 rings (SSSR count). The van der Waals surface area contributed by atoms with E-state index < -0.39 is 5.97 Å². The summed E-state index contributed by atoms with van der Waals surface area (Å²) >= 11 is 0. The van der Waals surface area contributed by atoms with Crippen molar-refractivity contribution in [3.63, 3.8) is 0 Å². The van der Waals surface area contributed by atoms with Gasteiger partial charge in [0.1, 0.15) is 11.6 Å². The van der Waals surface area contributed by atoms with E-state index in [0.717, 1.165) is 52.8 Å². The predicted molar refractivity (Wildman–Crippen MR) is 129 cm³/mol. The normalized spacial score (nSPS) is 22.1. The van der Waals surface area contributed by atoms with Crippen LogP contribution in [-0.4, -0.2) is 20.6 Å². The van der Waals surface area contributed by atoms with Crippen LogP contribution in [0.3, 0.4) is 0 Å². The predicted octanol–water partition coefficient (Wildman–Crippen LogP) is 6.83. The van der Waals surface area contributed by atoms with E-state index in [4.69, 9.17) is 4.98 Å². The summed E-state index contributed by atoms with van der Waals surface area (Å²) in [7, 11) is 0. The third-order valence-electron chi connectivity index (χ3n) is 7.44. The Hall–Kier alpha value is -2.95. The van der Waals surface area contributed by atoms with Crippen LogP contribution in [-0.2, 0) is 12.8 Å². The first kappa shape index (κ1) is 21.9. The Morgan fingerprint density at radius 3 is 2.73 bits per heavy atom. The minimum Gasteiger partial charge on any atom is -0.478 e. The maximum atomic E-state index is 14.1. The van der Waals surface area contributed by atoms with Crippen molar-refractivity contribution in [2.75, 3.05) is 0 Å². The van der Waals surface area contributed by atoms with E-state index >= 15 is 0 Å². The molecule has 2 atom stereocenters. The molecule has 1 aromatic heterocycles. The standard InChI is InChI=1S/C28H31FN2O2/c1-16-9-21(15-28(3,4)14-16)31-25-8-6-19(27(32)33)11-24(25)30-26(31)13-22-17(2)10-18-5-7-20(29)12-23(18)22/h5-8,11-12,16,21H,9-10,13-15H2,1-4H3,(H,32,33)/t16-,21+/m0/s1. The van der Waals surface area contributed by atoms with Crippen LogP contribution in [0.15, 0.2) is 42.0 Å². The van der Waals surface area contributed by atoms with Crippen LogP contribution in [0.2, 0.25) is 0 Å². The van der Waals surface area contributed by atoms with E-state index in [-0.39, 0.29) is 16.8 Å². The Kier molecular flexibility index (Phi) is 5.19. The number of carboxylic acids is 1. The van der Waals surface area contributed by atoms with Gasteiger partial charge in [-0.1, -0.05) is 32.4 Å². The van der Waals surface area contributed by atoms with Crippen molar-refractivity contribution < 1.29 is 14.3 Å². The van der Waals surface area contributed by atoms with Crippen molar-refractivity contribution in [2.45, 2.75) is 65.8 Å². The fourth-order valence-corrected chi connectivity index (χ4v) is 6.32. The number of hydrogen-bond acceptors (Lipinski definition) is 2. The highest BCUT2D eigenvalue weighted by molar-refractivity contribution is 5.92. The summed E-state index contributed by atoms with van der Waals surface area (Å²) in [6.45, 7) is 9.10. The molecule has 3 aromatic rings. The fourth-order valence-electron chi connectivity index (χ4n) is 6.32. The molecule has 172 valence electrons. The van der Waals surface area contributed by atoms with Gasteiger partial charge in [0.15, 0.2) is 0 Å². The number of aromatic carboxylic acids is 1. The van der Waals surface area contributed by atoms with Crippen molar-refractivity contribution in [2.24, 2.45) is 11.3 Å². The molecule has 33 heavy (non-hydrogen) atoms. The summed E-state index contributed by atoms with van der Waals surface area (Å²) in [6, 6.07) is 10.6. The highest BCUT2D eigenvalue weighted by Gasteiger charge is 2.35. The van der Waals surface area contributed by atoms with Crippen LogP contribution in [0.4, 0.5) is 4.39 Å². The molecule has 0 bridgehead atoms. The third kappa shape index (κ3) is 3.98. The zero-order valence-electron chi connectivity index (χ0n) is 19.8. The monoisotopic (exact) mass is 446 g/mol. The maximum absolute atomic E-state index is 14.1. The second-order valence-electron chi connectivity index (χ2n) is 10.9. The van der Waals surface area contributed by atoms with Gasteiger partial charge in [0.05, 0.1) is 16.6 Å². The van der Waals surface area contributed by atoms with E-state index in [1.54, 1.807) is 18.2 Å². The first-order valence-electron chi connectivity index (χ1n) is 11.8. The Morgan fingerprint density at radius 1 is 1.21 bits per heavy atom. The molecular formula is C28H31FN2O2. The molecule has 5 heteroatoms. The van der Waals surface area contributed by atoms with Crippen molar-refractivity contribution in [3.8, 4) is 0 Å². The molecule has 1 heterocycles. The first-order chi connectivity index (χ1) is 15.6. The molecule has 4 nitrogen and oxygen atoms in total. The molecule has 1 saturated carbocycles. The molecule has 2 aliphatic carbocycles. The summed E-state index contributed by atoms with van der Waals surface area (Å²) < 4.78 is 16.4. The van der Waals surface area contributed by atoms with Gasteiger partial charge in [0.2, 0.25) is 0 Å². The summed E-state index contributed by atoms with van der Waals surface area (Å²) in [5.74, 6) is 0.376. The molecule has 0 unspecified atom stereocenters. The minimum absolute atomic E-state index is 0.219. The lowest BCUT2D eigenvalue weighted by atomic mass is 9.70. The van der Waals surface area contributed by atoms with Gasteiger partial charge in [0.25, 0.3) is 0 Å². The number of rotatable bonds is 4. The first-order valence-corrected chi connectivity index (χ1v) is 11.8. The van der Waals surface area contributed by atoms with Gasteiger partial charge in [0, 0.05) is 12.5 Å². The van der Waals surface area contributed by atoms with Gasteiger partial charge in [-0.25, -0.2) is 14.2 Å². The van der Waals surface area contributed by atoms with Crippen molar-refractivity contribution >= 4 is 22.6 Å². The largest absolute Gasteiger partial charge is 0.478 e. The van der Waals surface area contributed by atoms with E-state index in [1.165, 1.54) is 18.1 Å². The molecule has 0 radical (unpaired) electrons. The number of carboxylic acid groups (broad SMARTS) is 1. The fraction of sp³-hybridized carbons (Fsp3) is 0.429. The lowest BCUT2D eigenvalue weighted by Gasteiger charge is -2.40. The van der Waals surface area contributed by atoms with E-state index in [0.29, 0.717) is 18.4 Å². The van der Waals surface area contributed by atoms with Crippen LogP contribution in [0.5, 0.6) is 0 Å². The third-order valence-corrected chi connectivity index (χ3v) is 7.44. The zero-order valence-corrected chi connectivity index (χ0v) is 19.8. The molecule has 0 saturated heterocycles. The van der Waals surface area contributed by atoms with E-state index in [1.807, 2.05) is 12.1 Å². The number of fused-ring (bicyclic) bond motifs is 2.